The summed E-state index contributed by atoms with van der Waals surface area (Å²) in [4.78, 5) is 7.61. The van der Waals surface area contributed by atoms with Gasteiger partial charge in [-0.3, -0.25) is 4.99 Å². The predicted octanol–water partition coefficient (Wildman–Crippen LogP) is 3.32. The van der Waals surface area contributed by atoms with Gasteiger partial charge in [0.2, 0.25) is 0 Å². The number of hydrogen-bond acceptors (Lipinski definition) is 2. The number of guanidine groups is 1. The molecule has 0 aliphatic rings. The molecule has 1 N–H and O–H groups in total. The quantitative estimate of drug-likeness (QED) is 0.647. The van der Waals surface area contributed by atoms with E-state index in [1.165, 1.54) is 17.0 Å². The van der Waals surface area contributed by atoms with E-state index in [9.17, 15) is 8.78 Å². The Morgan fingerprint density at radius 3 is 2.74 bits per heavy atom. The molecule has 2 aromatic rings. The lowest BCUT2D eigenvalue weighted by Crippen LogP contribution is -2.40. The molecule has 0 saturated heterocycles. The van der Waals surface area contributed by atoms with Crippen LogP contribution in [0, 0.1) is 11.6 Å². The Morgan fingerprint density at radius 1 is 1.26 bits per heavy atom. The molecule has 0 unspecified atom stereocenters. The summed E-state index contributed by atoms with van der Waals surface area (Å²) in [6, 6.07) is 7.84. The van der Waals surface area contributed by atoms with Gasteiger partial charge in [0, 0.05) is 38.1 Å². The Kier molecular flexibility index (Phi) is 6.52. The van der Waals surface area contributed by atoms with Gasteiger partial charge in [0.25, 0.3) is 0 Å². The maximum atomic E-state index is 13.6. The highest BCUT2D eigenvalue weighted by Gasteiger charge is 2.08. The second kappa shape index (κ2) is 8.62. The lowest BCUT2D eigenvalue weighted by Gasteiger charge is -2.21. The van der Waals surface area contributed by atoms with Crippen molar-refractivity contribution in [2.24, 2.45) is 4.99 Å². The molecule has 6 heteroatoms. The summed E-state index contributed by atoms with van der Waals surface area (Å²) in [7, 11) is 3.70. The van der Waals surface area contributed by atoms with Crippen molar-refractivity contribution in [3.63, 3.8) is 0 Å². The normalized spacial score (nSPS) is 11.6. The molecule has 3 nitrogen and oxygen atoms in total. The molecule has 0 radical (unpaired) electrons. The lowest BCUT2D eigenvalue weighted by atomic mass is 10.1. The fourth-order valence-corrected chi connectivity index (χ4v) is 2.95. The van der Waals surface area contributed by atoms with Gasteiger partial charge >= 0.3 is 0 Å². The molecule has 0 atom stereocenters. The van der Waals surface area contributed by atoms with Crippen molar-refractivity contribution in [3.8, 4) is 0 Å². The molecule has 0 aliphatic heterocycles. The molecular weight excluding hydrogens is 316 g/mol. The molecule has 0 saturated carbocycles. The van der Waals surface area contributed by atoms with E-state index in [4.69, 9.17) is 0 Å². The predicted molar refractivity (Wildman–Crippen MR) is 92.1 cm³/mol. The van der Waals surface area contributed by atoms with Gasteiger partial charge in [0.05, 0.1) is 0 Å². The number of nitrogens with one attached hydrogen (secondary N) is 1. The summed E-state index contributed by atoms with van der Waals surface area (Å²) in [5.74, 6) is -0.291. The highest BCUT2D eigenvalue weighted by molar-refractivity contribution is 7.09. The standard InChI is InChI=1S/C17H21F2N3S/c1-20-17(22(2)10-8-15-4-3-11-23-15)21-9-7-13-5-6-14(18)12-16(13)19/h3-6,11-12H,7-10H2,1-2H3,(H,20,21). The minimum atomic E-state index is -0.552. The average Bonchev–Trinajstić information content (AvgIpc) is 3.04. The van der Waals surface area contributed by atoms with Crippen LogP contribution in [0.5, 0.6) is 0 Å². The minimum absolute atomic E-state index is 0.476. The van der Waals surface area contributed by atoms with Crippen molar-refractivity contribution in [2.75, 3.05) is 27.2 Å². The van der Waals surface area contributed by atoms with Crippen molar-refractivity contribution in [1.29, 1.82) is 0 Å². The van der Waals surface area contributed by atoms with Crippen LogP contribution in [0.2, 0.25) is 0 Å². The first kappa shape index (κ1) is 17.4. The van der Waals surface area contributed by atoms with Crippen molar-refractivity contribution in [3.05, 3.63) is 57.8 Å². The van der Waals surface area contributed by atoms with Crippen LogP contribution in [0.1, 0.15) is 10.4 Å². The summed E-state index contributed by atoms with van der Waals surface area (Å²) in [6.07, 6.45) is 1.44. The molecule has 0 amide bonds. The van der Waals surface area contributed by atoms with E-state index in [-0.39, 0.29) is 0 Å². The van der Waals surface area contributed by atoms with Crippen LogP contribution in [0.15, 0.2) is 40.7 Å². The van der Waals surface area contributed by atoms with E-state index in [0.717, 1.165) is 25.0 Å². The fourth-order valence-electron chi connectivity index (χ4n) is 2.26. The Bertz CT molecular complexity index is 641. The number of thiophene rings is 1. The Morgan fingerprint density at radius 2 is 2.09 bits per heavy atom. The first-order valence-electron chi connectivity index (χ1n) is 7.48. The lowest BCUT2D eigenvalue weighted by molar-refractivity contribution is 0.486. The number of rotatable bonds is 6. The van der Waals surface area contributed by atoms with E-state index < -0.39 is 11.6 Å². The highest BCUT2D eigenvalue weighted by atomic mass is 32.1. The molecule has 1 aromatic carbocycles. The van der Waals surface area contributed by atoms with Gasteiger partial charge in [-0.05, 0) is 35.9 Å². The summed E-state index contributed by atoms with van der Waals surface area (Å²) in [5.41, 5.74) is 0.496. The molecule has 0 spiro atoms. The van der Waals surface area contributed by atoms with Gasteiger partial charge in [-0.2, -0.15) is 0 Å². The van der Waals surface area contributed by atoms with Gasteiger partial charge in [0.1, 0.15) is 11.6 Å². The second-order valence-corrected chi connectivity index (χ2v) is 6.24. The summed E-state index contributed by atoms with van der Waals surface area (Å²) < 4.78 is 26.5. The van der Waals surface area contributed by atoms with E-state index in [1.54, 1.807) is 18.4 Å². The molecule has 0 bridgehead atoms. The van der Waals surface area contributed by atoms with Gasteiger partial charge in [-0.25, -0.2) is 8.78 Å². The first-order valence-corrected chi connectivity index (χ1v) is 8.36. The Hall–Kier alpha value is -1.95. The third kappa shape index (κ3) is 5.32. The smallest absolute Gasteiger partial charge is 0.193 e. The van der Waals surface area contributed by atoms with Crippen molar-refractivity contribution >= 4 is 17.3 Å². The van der Waals surface area contributed by atoms with Crippen LogP contribution in [-0.2, 0) is 12.8 Å². The SMILES string of the molecule is CN=C(NCCc1ccc(F)cc1F)N(C)CCc1cccs1. The van der Waals surface area contributed by atoms with Gasteiger partial charge in [-0.1, -0.05) is 12.1 Å². The number of hydrogen-bond donors (Lipinski definition) is 1. The number of benzene rings is 1. The molecule has 124 valence electrons. The first-order chi connectivity index (χ1) is 11.1. The van der Waals surface area contributed by atoms with Crippen molar-refractivity contribution in [2.45, 2.75) is 12.8 Å². The number of likely N-dealkylation sites (N-methyl/N-ethyl adjacent to an activating group) is 1. The van der Waals surface area contributed by atoms with E-state index >= 15 is 0 Å². The van der Waals surface area contributed by atoms with Crippen LogP contribution in [0.25, 0.3) is 0 Å². The summed E-state index contributed by atoms with van der Waals surface area (Å²) >= 11 is 1.74. The minimum Gasteiger partial charge on any atom is -0.356 e. The van der Waals surface area contributed by atoms with Crippen LogP contribution >= 0.6 is 11.3 Å². The Labute approximate surface area is 139 Å². The molecule has 1 heterocycles. The molecule has 1 aromatic heterocycles. The zero-order valence-electron chi connectivity index (χ0n) is 13.4. The molecular formula is C17H21F2N3S. The van der Waals surface area contributed by atoms with Crippen LogP contribution in [0.3, 0.4) is 0 Å². The third-order valence-electron chi connectivity index (χ3n) is 3.54. The molecule has 0 aliphatic carbocycles. The maximum absolute atomic E-state index is 13.6. The van der Waals surface area contributed by atoms with Crippen molar-refractivity contribution < 1.29 is 8.78 Å². The zero-order valence-corrected chi connectivity index (χ0v) is 14.2. The van der Waals surface area contributed by atoms with Crippen molar-refractivity contribution in [1.82, 2.24) is 10.2 Å². The number of halogens is 2. The Balaban J connectivity index is 1.80. The topological polar surface area (TPSA) is 27.6 Å². The number of aliphatic imine (C=N–C) groups is 1. The monoisotopic (exact) mass is 337 g/mol. The largest absolute Gasteiger partial charge is 0.356 e. The zero-order chi connectivity index (χ0) is 16.7. The summed E-state index contributed by atoms with van der Waals surface area (Å²) in [6.45, 7) is 1.39. The highest BCUT2D eigenvalue weighted by Crippen LogP contribution is 2.10. The van der Waals surface area contributed by atoms with E-state index in [2.05, 4.69) is 21.8 Å². The molecule has 0 fully saturated rings. The second-order valence-electron chi connectivity index (χ2n) is 5.21. The van der Waals surface area contributed by atoms with Gasteiger partial charge < -0.3 is 10.2 Å². The molecule has 23 heavy (non-hydrogen) atoms. The molecule has 2 rings (SSSR count). The van der Waals surface area contributed by atoms with E-state index in [1.807, 2.05) is 18.0 Å². The third-order valence-corrected chi connectivity index (χ3v) is 4.48. The fraction of sp³-hybridized carbons (Fsp3) is 0.353. The van der Waals surface area contributed by atoms with Gasteiger partial charge in [0.15, 0.2) is 5.96 Å². The van der Waals surface area contributed by atoms with E-state index in [0.29, 0.717) is 18.5 Å². The van der Waals surface area contributed by atoms with Gasteiger partial charge in [-0.15, -0.1) is 11.3 Å². The average molecular weight is 337 g/mol. The van der Waals surface area contributed by atoms with Crippen LogP contribution in [0.4, 0.5) is 8.78 Å². The van der Waals surface area contributed by atoms with Crippen LogP contribution < -0.4 is 5.32 Å². The summed E-state index contributed by atoms with van der Waals surface area (Å²) in [5, 5.41) is 5.28. The van der Waals surface area contributed by atoms with Crippen LogP contribution in [-0.4, -0.2) is 38.0 Å². The maximum Gasteiger partial charge on any atom is 0.193 e. The number of nitrogens with zero attached hydrogens (tertiary/aromatic N) is 2.